The van der Waals surface area contributed by atoms with E-state index < -0.39 is 16.7 Å². The van der Waals surface area contributed by atoms with Crippen LogP contribution < -0.4 is 10.2 Å². The Morgan fingerprint density at radius 1 is 1.29 bits per heavy atom. The third-order valence-corrected chi connectivity index (χ3v) is 3.77. The number of nitro groups is 1. The first-order valence-electron chi connectivity index (χ1n) is 7.73. The van der Waals surface area contributed by atoms with Crippen molar-refractivity contribution in [2.24, 2.45) is 0 Å². The summed E-state index contributed by atoms with van der Waals surface area (Å²) in [6.45, 7) is 2.06. The fraction of sp³-hybridized carbons (Fsp3) is 0.400. The van der Waals surface area contributed by atoms with Gasteiger partial charge in [-0.15, -0.1) is 0 Å². The predicted octanol–water partition coefficient (Wildman–Crippen LogP) is 1.90. The molecule has 0 unspecified atom stereocenters. The van der Waals surface area contributed by atoms with Crippen molar-refractivity contribution in [3.63, 3.8) is 0 Å². The van der Waals surface area contributed by atoms with Crippen LogP contribution in [0, 0.1) is 10.1 Å². The maximum atomic E-state index is 11.9. The number of aromatic nitrogens is 2. The monoisotopic (exact) mass is 331 g/mol. The van der Waals surface area contributed by atoms with Crippen molar-refractivity contribution in [2.45, 2.75) is 25.8 Å². The molecule has 24 heavy (non-hydrogen) atoms. The van der Waals surface area contributed by atoms with Gasteiger partial charge in [-0.2, -0.15) is 0 Å². The zero-order valence-electron chi connectivity index (χ0n) is 13.0. The summed E-state index contributed by atoms with van der Waals surface area (Å²) in [5.74, 6) is 0.197. The number of rotatable bonds is 5. The van der Waals surface area contributed by atoms with E-state index in [4.69, 9.17) is 4.42 Å². The Morgan fingerprint density at radius 2 is 2.08 bits per heavy atom. The smallest absolute Gasteiger partial charge is 0.395 e. The largest absolute Gasteiger partial charge is 0.433 e. The highest BCUT2D eigenvalue weighted by Crippen LogP contribution is 2.17. The Labute approximate surface area is 137 Å². The number of carbonyl (C=O) groups is 1. The lowest BCUT2D eigenvalue weighted by molar-refractivity contribution is -0.402. The molecule has 126 valence electrons. The lowest BCUT2D eigenvalue weighted by atomic mass is 10.1. The first-order chi connectivity index (χ1) is 11.6. The van der Waals surface area contributed by atoms with Crippen LogP contribution in [0.1, 0.15) is 35.6 Å². The van der Waals surface area contributed by atoms with Crippen LogP contribution in [0.2, 0.25) is 0 Å². The van der Waals surface area contributed by atoms with Gasteiger partial charge in [-0.1, -0.05) is 0 Å². The van der Waals surface area contributed by atoms with Crippen LogP contribution in [0.25, 0.3) is 0 Å². The molecule has 0 saturated carbocycles. The molecule has 1 aliphatic rings. The van der Waals surface area contributed by atoms with Gasteiger partial charge in [0.2, 0.25) is 0 Å². The first kappa shape index (κ1) is 15.9. The van der Waals surface area contributed by atoms with Gasteiger partial charge >= 0.3 is 5.88 Å². The van der Waals surface area contributed by atoms with Crippen LogP contribution in [0.5, 0.6) is 0 Å². The van der Waals surface area contributed by atoms with E-state index >= 15 is 0 Å². The SMILES string of the molecule is O=C(NCc1nccc(N2CCCCC2)n1)c1ccc([N+](=O)[O-])o1. The highest BCUT2D eigenvalue weighted by atomic mass is 16.6. The molecule has 0 spiro atoms. The Hall–Kier alpha value is -2.97. The van der Waals surface area contributed by atoms with E-state index in [1.54, 1.807) is 6.20 Å². The number of piperidine rings is 1. The number of hydrogen-bond acceptors (Lipinski definition) is 7. The Balaban J connectivity index is 1.61. The second kappa shape index (κ2) is 7.07. The molecule has 1 amide bonds. The van der Waals surface area contributed by atoms with Crippen LogP contribution >= 0.6 is 0 Å². The Morgan fingerprint density at radius 3 is 2.79 bits per heavy atom. The highest BCUT2D eigenvalue weighted by Gasteiger charge is 2.17. The molecule has 1 aliphatic heterocycles. The molecule has 0 bridgehead atoms. The molecule has 0 aliphatic carbocycles. The second-order valence-corrected chi connectivity index (χ2v) is 5.46. The fourth-order valence-electron chi connectivity index (χ4n) is 2.57. The van der Waals surface area contributed by atoms with E-state index in [-0.39, 0.29) is 12.3 Å². The van der Waals surface area contributed by atoms with Gasteiger partial charge in [0.25, 0.3) is 5.91 Å². The van der Waals surface area contributed by atoms with Crippen LogP contribution in [0.3, 0.4) is 0 Å². The van der Waals surface area contributed by atoms with E-state index in [2.05, 4.69) is 20.2 Å². The maximum absolute atomic E-state index is 11.9. The van der Waals surface area contributed by atoms with Gasteiger partial charge in [0.05, 0.1) is 12.6 Å². The van der Waals surface area contributed by atoms with Gasteiger partial charge in [0.1, 0.15) is 16.6 Å². The molecule has 0 radical (unpaired) electrons. The summed E-state index contributed by atoms with van der Waals surface area (Å²) < 4.78 is 4.85. The van der Waals surface area contributed by atoms with Crippen molar-refractivity contribution in [1.29, 1.82) is 0 Å². The van der Waals surface area contributed by atoms with Gasteiger partial charge in [-0.25, -0.2) is 9.97 Å². The molecule has 9 nitrogen and oxygen atoms in total. The Bertz CT molecular complexity index is 739. The quantitative estimate of drug-likeness (QED) is 0.657. The van der Waals surface area contributed by atoms with E-state index in [1.165, 1.54) is 12.5 Å². The third kappa shape index (κ3) is 3.67. The van der Waals surface area contributed by atoms with Crippen LogP contribution in [-0.2, 0) is 6.54 Å². The Kier molecular flexibility index (Phi) is 4.69. The molecule has 0 atom stereocenters. The van der Waals surface area contributed by atoms with Gasteiger partial charge < -0.3 is 14.6 Å². The summed E-state index contributed by atoms with van der Waals surface area (Å²) in [4.78, 5) is 32.6. The topological polar surface area (TPSA) is 114 Å². The summed E-state index contributed by atoms with van der Waals surface area (Å²) in [5.41, 5.74) is 0. The van der Waals surface area contributed by atoms with E-state index in [1.807, 2.05) is 6.07 Å². The number of carbonyl (C=O) groups excluding carboxylic acids is 1. The zero-order chi connectivity index (χ0) is 16.9. The molecule has 1 fully saturated rings. The average molecular weight is 331 g/mol. The number of hydrogen-bond donors (Lipinski definition) is 1. The molecule has 1 N–H and O–H groups in total. The molecule has 2 aromatic rings. The molecule has 3 rings (SSSR count). The number of nitrogens with zero attached hydrogens (tertiary/aromatic N) is 4. The van der Waals surface area contributed by atoms with Gasteiger partial charge in [-0.05, 0) is 31.4 Å². The second-order valence-electron chi connectivity index (χ2n) is 5.46. The van der Waals surface area contributed by atoms with Crippen molar-refractivity contribution in [3.8, 4) is 0 Å². The third-order valence-electron chi connectivity index (χ3n) is 3.77. The molecule has 0 aromatic carbocycles. The van der Waals surface area contributed by atoms with Gasteiger partial charge in [0, 0.05) is 19.3 Å². The lowest BCUT2D eigenvalue weighted by Crippen LogP contribution is -2.31. The number of anilines is 1. The highest BCUT2D eigenvalue weighted by molar-refractivity contribution is 5.91. The van der Waals surface area contributed by atoms with Gasteiger partial charge in [0.15, 0.2) is 5.76 Å². The molecule has 1 saturated heterocycles. The standard InChI is InChI=1S/C15H17N5O4/c21-15(11-4-5-14(24-11)20(22)23)17-10-12-16-7-6-13(18-12)19-8-2-1-3-9-19/h4-7H,1-3,8-10H2,(H,17,21). The summed E-state index contributed by atoms with van der Waals surface area (Å²) in [7, 11) is 0. The summed E-state index contributed by atoms with van der Waals surface area (Å²) in [6, 6.07) is 4.26. The molecule has 3 heterocycles. The van der Waals surface area contributed by atoms with Crippen molar-refractivity contribution in [3.05, 3.63) is 46.1 Å². The molecular formula is C15H17N5O4. The summed E-state index contributed by atoms with van der Waals surface area (Å²) in [6.07, 6.45) is 5.19. The van der Waals surface area contributed by atoms with E-state index in [0.717, 1.165) is 37.8 Å². The number of nitrogens with one attached hydrogen (secondary N) is 1. The summed E-state index contributed by atoms with van der Waals surface area (Å²) in [5, 5.41) is 13.2. The first-order valence-corrected chi connectivity index (χ1v) is 7.73. The fourth-order valence-corrected chi connectivity index (χ4v) is 2.57. The van der Waals surface area contributed by atoms with Crippen LogP contribution in [0.4, 0.5) is 11.7 Å². The van der Waals surface area contributed by atoms with Crippen LogP contribution in [-0.4, -0.2) is 33.9 Å². The molecule has 9 heteroatoms. The van der Waals surface area contributed by atoms with Crippen molar-refractivity contribution in [2.75, 3.05) is 18.0 Å². The lowest BCUT2D eigenvalue weighted by Gasteiger charge is -2.27. The average Bonchev–Trinajstić information content (AvgIpc) is 3.11. The number of furan rings is 1. The van der Waals surface area contributed by atoms with Crippen molar-refractivity contribution >= 4 is 17.6 Å². The minimum atomic E-state index is -0.692. The number of amides is 1. The van der Waals surface area contributed by atoms with Gasteiger partial charge in [-0.3, -0.25) is 14.9 Å². The minimum absolute atomic E-state index is 0.117. The van der Waals surface area contributed by atoms with Crippen molar-refractivity contribution < 1.29 is 14.1 Å². The van der Waals surface area contributed by atoms with Crippen LogP contribution in [0.15, 0.2) is 28.8 Å². The zero-order valence-corrected chi connectivity index (χ0v) is 13.0. The minimum Gasteiger partial charge on any atom is -0.395 e. The molecular weight excluding hydrogens is 314 g/mol. The van der Waals surface area contributed by atoms with Crippen molar-refractivity contribution in [1.82, 2.24) is 15.3 Å². The van der Waals surface area contributed by atoms with E-state index in [9.17, 15) is 14.9 Å². The normalized spacial score (nSPS) is 14.4. The summed E-state index contributed by atoms with van der Waals surface area (Å²) >= 11 is 0. The predicted molar refractivity (Wildman–Crippen MR) is 84.6 cm³/mol. The maximum Gasteiger partial charge on any atom is 0.433 e. The molecule has 2 aromatic heterocycles. The van der Waals surface area contributed by atoms with E-state index in [0.29, 0.717) is 5.82 Å².